The van der Waals surface area contributed by atoms with Gasteiger partial charge in [0.2, 0.25) is 10.0 Å². The molecule has 1 heterocycles. The minimum atomic E-state index is -3.88. The standard InChI is InChI=1S/C13H14N2O4S/c1-15-8-7-11(9-15)20(18,19)14-12(13(16)17)10-5-3-2-4-6-10/h2-9,12,14H,1H3,(H,16,17). The van der Waals surface area contributed by atoms with Gasteiger partial charge in [-0.25, -0.2) is 8.42 Å². The van der Waals surface area contributed by atoms with Gasteiger partial charge in [-0.3, -0.25) is 4.79 Å². The maximum absolute atomic E-state index is 12.1. The molecule has 106 valence electrons. The van der Waals surface area contributed by atoms with Crippen LogP contribution >= 0.6 is 0 Å². The highest BCUT2D eigenvalue weighted by Gasteiger charge is 2.27. The second-order valence-corrected chi connectivity index (χ2v) is 6.03. The van der Waals surface area contributed by atoms with E-state index >= 15 is 0 Å². The van der Waals surface area contributed by atoms with Crippen molar-refractivity contribution in [3.8, 4) is 0 Å². The zero-order chi connectivity index (χ0) is 14.8. The molecule has 0 aliphatic heterocycles. The van der Waals surface area contributed by atoms with Crippen molar-refractivity contribution >= 4 is 16.0 Å². The topological polar surface area (TPSA) is 88.4 Å². The first-order valence-corrected chi connectivity index (χ1v) is 7.30. The molecule has 0 aliphatic rings. The van der Waals surface area contributed by atoms with E-state index in [1.165, 1.54) is 12.3 Å². The number of carbonyl (C=O) groups is 1. The van der Waals surface area contributed by atoms with Gasteiger partial charge in [-0.15, -0.1) is 0 Å². The first-order valence-electron chi connectivity index (χ1n) is 5.82. The molecule has 0 fully saturated rings. The molecule has 0 spiro atoms. The number of aliphatic carboxylic acids is 1. The van der Waals surface area contributed by atoms with Crippen LogP contribution < -0.4 is 4.72 Å². The fourth-order valence-corrected chi connectivity index (χ4v) is 2.99. The Morgan fingerprint density at radius 3 is 2.40 bits per heavy atom. The lowest BCUT2D eigenvalue weighted by atomic mass is 10.1. The SMILES string of the molecule is Cn1ccc(S(=O)(=O)NC(C(=O)O)c2ccccc2)c1. The van der Waals surface area contributed by atoms with Gasteiger partial charge in [-0.2, -0.15) is 4.72 Å². The van der Waals surface area contributed by atoms with E-state index in [-0.39, 0.29) is 4.90 Å². The van der Waals surface area contributed by atoms with E-state index < -0.39 is 22.0 Å². The van der Waals surface area contributed by atoms with E-state index in [0.29, 0.717) is 5.56 Å². The monoisotopic (exact) mass is 294 g/mol. The molecule has 1 atom stereocenters. The summed E-state index contributed by atoms with van der Waals surface area (Å²) in [6, 6.07) is 8.25. The molecule has 6 nitrogen and oxygen atoms in total. The van der Waals surface area contributed by atoms with Crippen molar-refractivity contribution in [2.75, 3.05) is 0 Å². The Morgan fingerprint density at radius 2 is 1.90 bits per heavy atom. The molecule has 1 unspecified atom stereocenters. The van der Waals surface area contributed by atoms with Crippen LogP contribution in [0, 0.1) is 0 Å². The third-order valence-corrected chi connectivity index (χ3v) is 4.18. The number of rotatable bonds is 5. The van der Waals surface area contributed by atoms with Crippen molar-refractivity contribution in [1.29, 1.82) is 0 Å². The number of hydrogen-bond acceptors (Lipinski definition) is 3. The van der Waals surface area contributed by atoms with Crippen LogP contribution in [0.4, 0.5) is 0 Å². The number of sulfonamides is 1. The maximum atomic E-state index is 12.1. The quantitative estimate of drug-likeness (QED) is 0.865. The van der Waals surface area contributed by atoms with E-state index in [4.69, 9.17) is 0 Å². The largest absolute Gasteiger partial charge is 0.480 e. The summed E-state index contributed by atoms with van der Waals surface area (Å²) in [5.74, 6) is -1.25. The maximum Gasteiger partial charge on any atom is 0.326 e. The van der Waals surface area contributed by atoms with Crippen LogP contribution in [0.25, 0.3) is 0 Å². The van der Waals surface area contributed by atoms with E-state index in [1.807, 2.05) is 0 Å². The number of aryl methyl sites for hydroxylation is 1. The molecule has 2 N–H and O–H groups in total. The van der Waals surface area contributed by atoms with Gasteiger partial charge in [0, 0.05) is 19.4 Å². The van der Waals surface area contributed by atoms with E-state index in [2.05, 4.69) is 4.72 Å². The van der Waals surface area contributed by atoms with Crippen LogP contribution in [0.3, 0.4) is 0 Å². The van der Waals surface area contributed by atoms with Gasteiger partial charge < -0.3 is 9.67 Å². The molecular weight excluding hydrogens is 280 g/mol. The van der Waals surface area contributed by atoms with Crippen LogP contribution in [0.15, 0.2) is 53.7 Å². The molecule has 2 rings (SSSR count). The predicted molar refractivity (Wildman–Crippen MR) is 72.6 cm³/mol. The predicted octanol–water partition coefficient (Wildman–Crippen LogP) is 1.13. The van der Waals surface area contributed by atoms with Crippen LogP contribution in [0.2, 0.25) is 0 Å². The summed E-state index contributed by atoms with van der Waals surface area (Å²) in [6.07, 6.45) is 2.99. The van der Waals surface area contributed by atoms with Crippen molar-refractivity contribution in [2.24, 2.45) is 7.05 Å². The third kappa shape index (κ3) is 3.06. The molecule has 0 saturated heterocycles. The van der Waals surface area contributed by atoms with Gasteiger partial charge in [-0.1, -0.05) is 30.3 Å². The highest BCUT2D eigenvalue weighted by Crippen LogP contribution is 2.17. The average molecular weight is 294 g/mol. The number of aromatic nitrogens is 1. The smallest absolute Gasteiger partial charge is 0.326 e. The minimum Gasteiger partial charge on any atom is -0.480 e. The lowest BCUT2D eigenvalue weighted by Crippen LogP contribution is -2.33. The van der Waals surface area contributed by atoms with Crippen molar-refractivity contribution in [3.05, 3.63) is 54.4 Å². The van der Waals surface area contributed by atoms with E-state index in [9.17, 15) is 18.3 Å². The van der Waals surface area contributed by atoms with Gasteiger partial charge in [0.25, 0.3) is 0 Å². The number of nitrogens with zero attached hydrogens (tertiary/aromatic N) is 1. The Labute approximate surface area is 116 Å². The lowest BCUT2D eigenvalue weighted by molar-refractivity contribution is -0.139. The number of benzene rings is 1. The average Bonchev–Trinajstić information content (AvgIpc) is 2.84. The molecule has 0 bridgehead atoms. The fraction of sp³-hybridized carbons (Fsp3) is 0.154. The summed E-state index contributed by atoms with van der Waals surface area (Å²) in [5.41, 5.74) is 0.375. The Kier molecular flexibility index (Phi) is 3.91. The van der Waals surface area contributed by atoms with Gasteiger partial charge >= 0.3 is 5.97 Å². The first-order chi connectivity index (χ1) is 9.40. The summed E-state index contributed by atoms with van der Waals surface area (Å²) in [7, 11) is -2.20. The Bertz CT molecular complexity index is 707. The van der Waals surface area contributed by atoms with Gasteiger partial charge in [0.05, 0.1) is 4.90 Å². The summed E-state index contributed by atoms with van der Waals surface area (Å²) < 4.78 is 28.1. The zero-order valence-electron chi connectivity index (χ0n) is 10.7. The number of hydrogen-bond donors (Lipinski definition) is 2. The Hall–Kier alpha value is -2.12. The van der Waals surface area contributed by atoms with Crippen molar-refractivity contribution in [1.82, 2.24) is 9.29 Å². The van der Waals surface area contributed by atoms with Gasteiger partial charge in [0.15, 0.2) is 0 Å². The Morgan fingerprint density at radius 1 is 1.25 bits per heavy atom. The van der Waals surface area contributed by atoms with Crippen molar-refractivity contribution in [2.45, 2.75) is 10.9 Å². The van der Waals surface area contributed by atoms with Crippen LogP contribution in [-0.4, -0.2) is 24.1 Å². The minimum absolute atomic E-state index is 0.0298. The molecular formula is C13H14N2O4S. The van der Waals surface area contributed by atoms with Crippen LogP contribution in [0.1, 0.15) is 11.6 Å². The number of nitrogens with one attached hydrogen (secondary N) is 1. The molecule has 0 saturated carbocycles. The zero-order valence-corrected chi connectivity index (χ0v) is 11.5. The molecule has 0 radical (unpaired) electrons. The Balaban J connectivity index is 2.32. The molecule has 20 heavy (non-hydrogen) atoms. The van der Waals surface area contributed by atoms with E-state index in [1.54, 1.807) is 48.1 Å². The lowest BCUT2D eigenvalue weighted by Gasteiger charge is -2.14. The molecule has 0 amide bonds. The summed E-state index contributed by atoms with van der Waals surface area (Å²) in [5, 5.41) is 9.21. The molecule has 7 heteroatoms. The van der Waals surface area contributed by atoms with Crippen molar-refractivity contribution in [3.63, 3.8) is 0 Å². The summed E-state index contributed by atoms with van der Waals surface area (Å²) in [6.45, 7) is 0. The van der Waals surface area contributed by atoms with Crippen LogP contribution in [-0.2, 0) is 21.9 Å². The summed E-state index contributed by atoms with van der Waals surface area (Å²) >= 11 is 0. The van der Waals surface area contributed by atoms with Crippen LogP contribution in [0.5, 0.6) is 0 Å². The second kappa shape index (κ2) is 5.48. The second-order valence-electron chi connectivity index (χ2n) is 4.32. The molecule has 1 aromatic heterocycles. The van der Waals surface area contributed by atoms with E-state index in [0.717, 1.165) is 0 Å². The number of carboxylic acids is 1. The first kappa shape index (κ1) is 14.3. The highest BCUT2D eigenvalue weighted by molar-refractivity contribution is 7.89. The molecule has 1 aromatic carbocycles. The highest BCUT2D eigenvalue weighted by atomic mass is 32.2. The third-order valence-electron chi connectivity index (χ3n) is 2.77. The van der Waals surface area contributed by atoms with Gasteiger partial charge in [0.1, 0.15) is 6.04 Å². The molecule has 2 aromatic rings. The summed E-state index contributed by atoms with van der Waals surface area (Å²) in [4.78, 5) is 11.3. The van der Waals surface area contributed by atoms with Crippen molar-refractivity contribution < 1.29 is 18.3 Å². The number of carboxylic acid groups (broad SMARTS) is 1. The normalized spacial score (nSPS) is 13.1. The van der Waals surface area contributed by atoms with Gasteiger partial charge in [-0.05, 0) is 11.6 Å². The molecule has 0 aliphatic carbocycles. The fourth-order valence-electron chi connectivity index (χ4n) is 1.77.